The number of phenols is 1. The Labute approximate surface area is 130 Å². The van der Waals surface area contributed by atoms with E-state index < -0.39 is 0 Å². The molecule has 0 saturated heterocycles. The fourth-order valence-corrected chi connectivity index (χ4v) is 3.59. The highest BCUT2D eigenvalue weighted by Gasteiger charge is 2.16. The minimum atomic E-state index is 0.503. The van der Waals surface area contributed by atoms with E-state index in [1.807, 2.05) is 6.07 Å². The van der Waals surface area contributed by atoms with E-state index in [-0.39, 0.29) is 0 Å². The Morgan fingerprint density at radius 3 is 2.43 bits per heavy atom. The molecule has 0 heterocycles. The highest BCUT2D eigenvalue weighted by atomic mass is 16.3. The van der Waals surface area contributed by atoms with Crippen molar-refractivity contribution in [2.45, 2.75) is 89.9 Å². The van der Waals surface area contributed by atoms with Gasteiger partial charge in [-0.3, -0.25) is 0 Å². The molecule has 1 nitrogen and oxygen atoms in total. The van der Waals surface area contributed by atoms with Crippen molar-refractivity contribution in [2.75, 3.05) is 0 Å². The van der Waals surface area contributed by atoms with E-state index in [2.05, 4.69) is 19.1 Å². The van der Waals surface area contributed by atoms with Crippen LogP contribution in [-0.4, -0.2) is 5.11 Å². The van der Waals surface area contributed by atoms with Gasteiger partial charge in [-0.1, -0.05) is 70.4 Å². The molecule has 0 bridgehead atoms. The van der Waals surface area contributed by atoms with Crippen LogP contribution in [0.15, 0.2) is 18.2 Å². The smallest absolute Gasteiger partial charge is 0.118 e. The van der Waals surface area contributed by atoms with Gasteiger partial charge < -0.3 is 5.11 Å². The SMILES string of the molecule is CCCCCCCCc1cc(C2CCCCC2)ccc1O. The predicted octanol–water partition coefficient (Wildman–Crippen LogP) is 6.34. The first-order valence-corrected chi connectivity index (χ1v) is 9.13. The van der Waals surface area contributed by atoms with E-state index in [4.69, 9.17) is 0 Å². The molecule has 1 heteroatoms. The molecule has 0 amide bonds. The van der Waals surface area contributed by atoms with Crippen molar-refractivity contribution in [1.29, 1.82) is 0 Å². The maximum Gasteiger partial charge on any atom is 0.118 e. The summed E-state index contributed by atoms with van der Waals surface area (Å²) < 4.78 is 0. The normalized spacial score (nSPS) is 16.2. The van der Waals surface area contributed by atoms with Gasteiger partial charge in [-0.2, -0.15) is 0 Å². The molecule has 1 aliphatic carbocycles. The zero-order chi connectivity index (χ0) is 14.9. The molecule has 0 aliphatic heterocycles. The van der Waals surface area contributed by atoms with Gasteiger partial charge in [0.2, 0.25) is 0 Å². The van der Waals surface area contributed by atoms with Crippen molar-refractivity contribution in [3.63, 3.8) is 0 Å². The van der Waals surface area contributed by atoms with Gasteiger partial charge in [0.15, 0.2) is 0 Å². The summed E-state index contributed by atoms with van der Waals surface area (Å²) in [5.74, 6) is 1.24. The first kappa shape index (κ1) is 16.4. The Morgan fingerprint density at radius 2 is 1.67 bits per heavy atom. The molecule has 1 saturated carbocycles. The first-order valence-electron chi connectivity index (χ1n) is 9.13. The van der Waals surface area contributed by atoms with Gasteiger partial charge in [-0.05, 0) is 48.8 Å². The number of aryl methyl sites for hydroxylation is 1. The number of phenolic OH excluding ortho intramolecular Hbond substituents is 1. The number of unbranched alkanes of at least 4 members (excludes halogenated alkanes) is 5. The fraction of sp³-hybridized carbons (Fsp3) is 0.700. The minimum Gasteiger partial charge on any atom is -0.508 e. The van der Waals surface area contributed by atoms with Gasteiger partial charge in [0.25, 0.3) is 0 Å². The van der Waals surface area contributed by atoms with Crippen molar-refractivity contribution >= 4 is 0 Å². The van der Waals surface area contributed by atoms with Crippen molar-refractivity contribution in [1.82, 2.24) is 0 Å². The van der Waals surface area contributed by atoms with E-state index in [0.29, 0.717) is 5.75 Å². The third-order valence-corrected chi connectivity index (χ3v) is 4.98. The Bertz CT molecular complexity index is 404. The maximum absolute atomic E-state index is 10.1. The van der Waals surface area contributed by atoms with Crippen molar-refractivity contribution in [3.05, 3.63) is 29.3 Å². The molecule has 0 atom stereocenters. The van der Waals surface area contributed by atoms with Gasteiger partial charge in [0, 0.05) is 0 Å². The van der Waals surface area contributed by atoms with Crippen LogP contribution in [0.5, 0.6) is 5.75 Å². The van der Waals surface area contributed by atoms with E-state index in [9.17, 15) is 5.11 Å². The molecule has 0 radical (unpaired) electrons. The van der Waals surface area contributed by atoms with E-state index in [0.717, 1.165) is 12.3 Å². The van der Waals surface area contributed by atoms with E-state index in [1.54, 1.807) is 0 Å². The van der Waals surface area contributed by atoms with Gasteiger partial charge >= 0.3 is 0 Å². The topological polar surface area (TPSA) is 20.2 Å². The maximum atomic E-state index is 10.1. The monoisotopic (exact) mass is 288 g/mol. The first-order chi connectivity index (χ1) is 10.3. The summed E-state index contributed by atoms with van der Waals surface area (Å²) in [6, 6.07) is 6.36. The van der Waals surface area contributed by atoms with Crippen LogP contribution >= 0.6 is 0 Å². The van der Waals surface area contributed by atoms with Crippen LogP contribution in [0, 0.1) is 0 Å². The molecule has 21 heavy (non-hydrogen) atoms. The number of hydrogen-bond acceptors (Lipinski definition) is 1. The summed E-state index contributed by atoms with van der Waals surface area (Å²) in [5.41, 5.74) is 2.64. The summed E-state index contributed by atoms with van der Waals surface area (Å²) in [6.45, 7) is 2.26. The molecule has 0 unspecified atom stereocenters. The third kappa shape index (κ3) is 5.37. The number of hydrogen-bond donors (Lipinski definition) is 1. The highest BCUT2D eigenvalue weighted by Crippen LogP contribution is 2.34. The van der Waals surface area contributed by atoms with Crippen molar-refractivity contribution in [3.8, 4) is 5.75 Å². The zero-order valence-corrected chi connectivity index (χ0v) is 13.7. The summed E-state index contributed by atoms with van der Waals surface area (Å²) in [5, 5.41) is 10.1. The molecule has 1 fully saturated rings. The predicted molar refractivity (Wildman–Crippen MR) is 91.0 cm³/mol. The quantitative estimate of drug-likeness (QED) is 0.553. The summed E-state index contributed by atoms with van der Waals surface area (Å²) in [7, 11) is 0. The van der Waals surface area contributed by atoms with E-state index in [1.165, 1.54) is 81.8 Å². The third-order valence-electron chi connectivity index (χ3n) is 4.98. The van der Waals surface area contributed by atoms with Crippen LogP contribution in [0.2, 0.25) is 0 Å². The average Bonchev–Trinajstić information content (AvgIpc) is 2.53. The van der Waals surface area contributed by atoms with E-state index >= 15 is 0 Å². The van der Waals surface area contributed by atoms with Gasteiger partial charge in [0.1, 0.15) is 5.75 Å². The number of rotatable bonds is 8. The molecular weight excluding hydrogens is 256 g/mol. The molecule has 1 aliphatic rings. The van der Waals surface area contributed by atoms with Gasteiger partial charge in [-0.25, -0.2) is 0 Å². The molecular formula is C20H32O. The molecule has 1 N–H and O–H groups in total. The Kier molecular flexibility index (Phi) is 7.12. The zero-order valence-electron chi connectivity index (χ0n) is 13.7. The van der Waals surface area contributed by atoms with Crippen LogP contribution in [0.3, 0.4) is 0 Å². The number of benzene rings is 1. The number of aromatic hydroxyl groups is 1. The summed E-state index contributed by atoms with van der Waals surface area (Å²) >= 11 is 0. The van der Waals surface area contributed by atoms with Crippen molar-refractivity contribution < 1.29 is 5.11 Å². The molecule has 118 valence electrons. The Balaban J connectivity index is 1.83. The second-order valence-corrected chi connectivity index (χ2v) is 6.74. The molecule has 1 aromatic carbocycles. The van der Waals surface area contributed by atoms with Crippen LogP contribution in [-0.2, 0) is 6.42 Å². The lowest BCUT2D eigenvalue weighted by atomic mass is 9.83. The molecule has 0 aromatic heterocycles. The second kappa shape index (κ2) is 9.12. The lowest BCUT2D eigenvalue weighted by Crippen LogP contribution is -2.05. The van der Waals surface area contributed by atoms with Crippen LogP contribution in [0.25, 0.3) is 0 Å². The van der Waals surface area contributed by atoms with Crippen LogP contribution in [0.1, 0.15) is 94.6 Å². The summed E-state index contributed by atoms with van der Waals surface area (Å²) in [4.78, 5) is 0. The average molecular weight is 288 g/mol. The second-order valence-electron chi connectivity index (χ2n) is 6.74. The highest BCUT2D eigenvalue weighted by molar-refractivity contribution is 5.37. The van der Waals surface area contributed by atoms with Crippen molar-refractivity contribution in [2.24, 2.45) is 0 Å². The molecule has 2 rings (SSSR count). The Morgan fingerprint density at radius 1 is 0.952 bits per heavy atom. The molecule has 0 spiro atoms. The lowest BCUT2D eigenvalue weighted by molar-refractivity contribution is 0.440. The lowest BCUT2D eigenvalue weighted by Gasteiger charge is -2.22. The Hall–Kier alpha value is -0.980. The van der Waals surface area contributed by atoms with Crippen LogP contribution < -0.4 is 0 Å². The molecule has 1 aromatic rings. The standard InChI is InChI=1S/C20H32O/c1-2-3-4-5-6-8-13-19-16-18(14-15-20(19)21)17-11-9-7-10-12-17/h14-17,21H,2-13H2,1H3. The van der Waals surface area contributed by atoms with Gasteiger partial charge in [-0.15, -0.1) is 0 Å². The van der Waals surface area contributed by atoms with Crippen LogP contribution in [0.4, 0.5) is 0 Å². The van der Waals surface area contributed by atoms with Gasteiger partial charge in [0.05, 0.1) is 0 Å². The fourth-order valence-electron chi connectivity index (χ4n) is 3.59. The minimum absolute atomic E-state index is 0.503. The largest absolute Gasteiger partial charge is 0.508 e. The summed E-state index contributed by atoms with van der Waals surface area (Å²) in [6.07, 6.45) is 15.8.